The maximum absolute atomic E-state index is 13.2. The van der Waals surface area contributed by atoms with Gasteiger partial charge in [0.2, 0.25) is 0 Å². The molecule has 0 bridgehead atoms. The number of amides is 1. The van der Waals surface area contributed by atoms with Crippen LogP contribution in [0.15, 0.2) is 24.5 Å². The first-order valence-corrected chi connectivity index (χ1v) is 9.53. The predicted octanol–water partition coefficient (Wildman–Crippen LogP) is 2.77. The van der Waals surface area contributed by atoms with Crippen molar-refractivity contribution in [3.8, 4) is 0 Å². The van der Waals surface area contributed by atoms with Gasteiger partial charge in [-0.3, -0.25) is 14.5 Å². The Morgan fingerprint density at radius 2 is 2.12 bits per heavy atom. The topological polar surface area (TPSA) is 60.2 Å². The number of ether oxygens (including phenoxy) is 1. The molecule has 2 aromatic rings. The lowest BCUT2D eigenvalue weighted by atomic mass is 9.99. The molecule has 4 rings (SSSR count). The maximum Gasteiger partial charge on any atom is 0.256 e. The van der Waals surface area contributed by atoms with Crippen LogP contribution in [-0.4, -0.2) is 45.3 Å². The molecule has 1 fully saturated rings. The first-order valence-electron chi connectivity index (χ1n) is 9.53. The van der Waals surface area contributed by atoms with Crippen LogP contribution in [0.4, 0.5) is 0 Å². The zero-order chi connectivity index (χ0) is 18.1. The van der Waals surface area contributed by atoms with Gasteiger partial charge in [0, 0.05) is 31.6 Å². The van der Waals surface area contributed by atoms with Crippen molar-refractivity contribution in [3.63, 3.8) is 0 Å². The fourth-order valence-corrected chi connectivity index (χ4v) is 3.61. The average molecular weight is 354 g/mol. The summed E-state index contributed by atoms with van der Waals surface area (Å²) in [5, 5.41) is 4.51. The lowest BCUT2D eigenvalue weighted by Crippen LogP contribution is -2.43. The number of pyridine rings is 1. The molecule has 1 saturated carbocycles. The van der Waals surface area contributed by atoms with E-state index in [1.54, 1.807) is 6.20 Å². The van der Waals surface area contributed by atoms with E-state index < -0.39 is 0 Å². The van der Waals surface area contributed by atoms with Crippen LogP contribution in [0.3, 0.4) is 0 Å². The summed E-state index contributed by atoms with van der Waals surface area (Å²) in [6.07, 6.45) is 6.98. The predicted molar refractivity (Wildman–Crippen MR) is 97.9 cm³/mol. The highest BCUT2D eigenvalue weighted by Crippen LogP contribution is 2.33. The molecule has 138 valence electrons. The molecule has 0 N–H and O–H groups in total. The van der Waals surface area contributed by atoms with Gasteiger partial charge in [0.05, 0.1) is 30.1 Å². The minimum atomic E-state index is -0.0891. The van der Waals surface area contributed by atoms with Crippen molar-refractivity contribution < 1.29 is 9.53 Å². The van der Waals surface area contributed by atoms with Crippen molar-refractivity contribution in [1.82, 2.24) is 19.7 Å². The zero-order valence-electron chi connectivity index (χ0n) is 15.5. The monoisotopic (exact) mass is 354 g/mol. The Hall–Kier alpha value is -2.21. The van der Waals surface area contributed by atoms with Crippen molar-refractivity contribution >= 4 is 5.91 Å². The van der Waals surface area contributed by atoms with Gasteiger partial charge in [-0.05, 0) is 56.7 Å². The molecular formula is C20H26N4O2. The molecular weight excluding hydrogens is 328 g/mol. The molecule has 0 saturated heterocycles. The van der Waals surface area contributed by atoms with E-state index in [1.807, 2.05) is 34.8 Å². The van der Waals surface area contributed by atoms with Crippen molar-refractivity contribution in [2.45, 2.75) is 45.7 Å². The highest BCUT2D eigenvalue weighted by Gasteiger charge is 2.35. The summed E-state index contributed by atoms with van der Waals surface area (Å²) in [6, 6.07) is 3.66. The van der Waals surface area contributed by atoms with E-state index in [2.05, 4.69) is 17.0 Å². The number of aryl methyl sites for hydroxylation is 2. The van der Waals surface area contributed by atoms with Crippen LogP contribution in [0.25, 0.3) is 0 Å². The Balaban J connectivity index is 1.60. The van der Waals surface area contributed by atoms with Gasteiger partial charge in [-0.15, -0.1) is 0 Å². The highest BCUT2D eigenvalue weighted by molar-refractivity contribution is 5.94. The number of rotatable bonds is 6. The molecule has 0 radical (unpaired) electrons. The zero-order valence-corrected chi connectivity index (χ0v) is 15.5. The van der Waals surface area contributed by atoms with Gasteiger partial charge in [-0.2, -0.15) is 5.10 Å². The van der Waals surface area contributed by atoms with Crippen LogP contribution in [0.5, 0.6) is 0 Å². The van der Waals surface area contributed by atoms with E-state index in [9.17, 15) is 4.79 Å². The number of nitrogens with zero attached hydrogens (tertiary/aromatic N) is 4. The highest BCUT2D eigenvalue weighted by atomic mass is 16.5. The first-order chi connectivity index (χ1) is 12.7. The molecule has 1 aliphatic heterocycles. The van der Waals surface area contributed by atoms with Gasteiger partial charge < -0.3 is 9.64 Å². The van der Waals surface area contributed by atoms with Gasteiger partial charge in [0.15, 0.2) is 0 Å². The second kappa shape index (κ2) is 7.19. The van der Waals surface area contributed by atoms with Crippen LogP contribution in [-0.2, 0) is 17.7 Å². The SMILES string of the molecule is CCn1ncc2c1[C@@H](COCC1CC1)N(C(=O)c1ccc(C)nc1)CC2. The van der Waals surface area contributed by atoms with Crippen LogP contribution >= 0.6 is 0 Å². The minimum absolute atomic E-state index is 0.0204. The number of carbonyl (C=O) groups excluding carboxylic acids is 1. The molecule has 1 atom stereocenters. The van der Waals surface area contributed by atoms with E-state index in [0.717, 1.165) is 31.0 Å². The fraction of sp³-hybridized carbons (Fsp3) is 0.550. The van der Waals surface area contributed by atoms with Gasteiger partial charge >= 0.3 is 0 Å². The Labute approximate surface area is 154 Å². The number of aromatic nitrogens is 3. The van der Waals surface area contributed by atoms with Crippen LogP contribution in [0.1, 0.15) is 53.1 Å². The van der Waals surface area contributed by atoms with Crippen LogP contribution < -0.4 is 0 Å². The number of fused-ring (bicyclic) bond motifs is 1. The lowest BCUT2D eigenvalue weighted by Gasteiger charge is -2.36. The van der Waals surface area contributed by atoms with Crippen molar-refractivity contribution in [1.29, 1.82) is 0 Å². The number of hydrogen-bond acceptors (Lipinski definition) is 4. The summed E-state index contributed by atoms with van der Waals surface area (Å²) in [6.45, 7) is 6.81. The quantitative estimate of drug-likeness (QED) is 0.800. The third-order valence-corrected chi connectivity index (χ3v) is 5.32. The van der Waals surface area contributed by atoms with E-state index in [4.69, 9.17) is 4.74 Å². The summed E-state index contributed by atoms with van der Waals surface area (Å²) in [5.74, 6) is 0.728. The normalized spacial score (nSPS) is 19.5. The largest absolute Gasteiger partial charge is 0.379 e. The fourth-order valence-electron chi connectivity index (χ4n) is 3.61. The summed E-state index contributed by atoms with van der Waals surface area (Å²) >= 11 is 0. The van der Waals surface area contributed by atoms with Gasteiger partial charge in [0.25, 0.3) is 5.91 Å². The molecule has 6 nitrogen and oxygen atoms in total. The Bertz CT molecular complexity index is 766. The van der Waals surface area contributed by atoms with Crippen molar-refractivity contribution in [3.05, 3.63) is 47.0 Å². The molecule has 0 aromatic carbocycles. The third kappa shape index (κ3) is 3.38. The molecule has 1 amide bonds. The molecule has 2 aromatic heterocycles. The molecule has 0 spiro atoms. The van der Waals surface area contributed by atoms with Crippen LogP contribution in [0, 0.1) is 12.8 Å². The third-order valence-electron chi connectivity index (χ3n) is 5.32. The molecule has 6 heteroatoms. The van der Waals surface area contributed by atoms with Gasteiger partial charge in [-0.1, -0.05) is 0 Å². The van der Waals surface area contributed by atoms with Crippen molar-refractivity contribution in [2.24, 2.45) is 5.92 Å². The van der Waals surface area contributed by atoms with E-state index >= 15 is 0 Å². The Morgan fingerprint density at radius 3 is 2.81 bits per heavy atom. The van der Waals surface area contributed by atoms with Gasteiger partial charge in [0.1, 0.15) is 0 Å². The Morgan fingerprint density at radius 1 is 1.27 bits per heavy atom. The molecule has 3 heterocycles. The second-order valence-corrected chi connectivity index (χ2v) is 7.30. The summed E-state index contributed by atoms with van der Waals surface area (Å²) in [7, 11) is 0. The molecule has 0 unspecified atom stereocenters. The lowest BCUT2D eigenvalue weighted by molar-refractivity contribution is 0.0345. The summed E-state index contributed by atoms with van der Waals surface area (Å²) in [5.41, 5.74) is 3.91. The van der Waals surface area contributed by atoms with E-state index in [-0.39, 0.29) is 11.9 Å². The first kappa shape index (κ1) is 17.2. The summed E-state index contributed by atoms with van der Waals surface area (Å²) < 4.78 is 8.01. The Kier molecular flexibility index (Phi) is 4.76. The van der Waals surface area contributed by atoms with Gasteiger partial charge in [-0.25, -0.2) is 0 Å². The molecule has 2 aliphatic rings. The molecule has 1 aliphatic carbocycles. The van der Waals surface area contributed by atoms with E-state index in [0.29, 0.717) is 24.6 Å². The smallest absolute Gasteiger partial charge is 0.256 e. The maximum atomic E-state index is 13.2. The molecule has 26 heavy (non-hydrogen) atoms. The number of hydrogen-bond donors (Lipinski definition) is 0. The number of carbonyl (C=O) groups is 1. The van der Waals surface area contributed by atoms with Crippen LogP contribution in [0.2, 0.25) is 0 Å². The standard InChI is InChI=1S/C20H26N4O2/c1-3-24-19-16(11-22-24)8-9-23(18(19)13-26-12-15-5-6-15)20(25)17-7-4-14(2)21-10-17/h4,7,10-11,15,18H,3,5-6,8-9,12-13H2,1-2H3/t18-/m1/s1. The van der Waals surface area contributed by atoms with Crippen molar-refractivity contribution in [2.75, 3.05) is 19.8 Å². The average Bonchev–Trinajstić information content (AvgIpc) is 3.38. The minimum Gasteiger partial charge on any atom is -0.379 e. The second-order valence-electron chi connectivity index (χ2n) is 7.30. The van der Waals surface area contributed by atoms with E-state index in [1.165, 1.54) is 18.4 Å². The summed E-state index contributed by atoms with van der Waals surface area (Å²) in [4.78, 5) is 19.4.